The number of ether oxygens (including phenoxy) is 1. The molecule has 1 fully saturated rings. The number of rotatable bonds is 12. The summed E-state index contributed by atoms with van der Waals surface area (Å²) in [6.45, 7) is 8.70. The Morgan fingerprint density at radius 1 is 0.960 bits per heavy atom. The van der Waals surface area contributed by atoms with Crippen LogP contribution in [-0.4, -0.2) is 61.0 Å². The Labute approximate surface area is 305 Å². The maximum Gasteiger partial charge on any atom is 0.251 e. The van der Waals surface area contributed by atoms with Crippen molar-refractivity contribution in [3.63, 3.8) is 0 Å². The number of halogens is 2. The number of aryl methyl sites for hydroxylation is 3. The molecule has 14 heteroatoms. The molecule has 0 spiro atoms. The van der Waals surface area contributed by atoms with Gasteiger partial charge in [-0.15, -0.1) is 24.8 Å². The van der Waals surface area contributed by atoms with Gasteiger partial charge in [-0.05, 0) is 99.5 Å². The number of nitrogen functional groups attached to an aromatic ring is 1. The molecule has 11 nitrogen and oxygen atoms in total. The summed E-state index contributed by atoms with van der Waals surface area (Å²) in [6.07, 6.45) is 1.46. The van der Waals surface area contributed by atoms with Crippen molar-refractivity contribution in [3.05, 3.63) is 99.7 Å². The summed E-state index contributed by atoms with van der Waals surface area (Å²) in [5.41, 5.74) is 11.5. The lowest BCUT2D eigenvalue weighted by Crippen LogP contribution is -2.46. The third-order valence-electron chi connectivity index (χ3n) is 8.78. The van der Waals surface area contributed by atoms with Gasteiger partial charge in [-0.25, -0.2) is 13.4 Å². The van der Waals surface area contributed by atoms with E-state index in [1.165, 1.54) is 4.31 Å². The van der Waals surface area contributed by atoms with E-state index in [1.54, 1.807) is 43.3 Å². The molecule has 1 saturated heterocycles. The fourth-order valence-electron chi connectivity index (χ4n) is 6.13. The number of para-hydroxylation sites is 1. The SMILES string of the molecule is Cc1cc(C)c2cccc(OCc3c(C)ccc(S(=O)(=O)N4CCC[C@H]4C(=O)NCCCNC(=O)c4ccc(C(=N)N)cc4)c3C)c2n1.Cl.Cl. The number of hydrogen-bond donors (Lipinski definition) is 4. The number of sulfonamides is 1. The van der Waals surface area contributed by atoms with Crippen LogP contribution in [0.15, 0.2) is 65.6 Å². The summed E-state index contributed by atoms with van der Waals surface area (Å²) in [5.74, 6) is -0.0766. The van der Waals surface area contributed by atoms with E-state index in [-0.39, 0.29) is 67.1 Å². The number of carbonyl (C=O) groups is 2. The summed E-state index contributed by atoms with van der Waals surface area (Å²) in [6, 6.07) is 16.8. The molecule has 2 amide bonds. The van der Waals surface area contributed by atoms with Crippen LogP contribution in [0.3, 0.4) is 0 Å². The van der Waals surface area contributed by atoms with Gasteiger partial charge in [0, 0.05) is 41.8 Å². The molecule has 50 heavy (non-hydrogen) atoms. The molecule has 0 unspecified atom stereocenters. The molecule has 0 radical (unpaired) electrons. The van der Waals surface area contributed by atoms with Crippen molar-refractivity contribution < 1.29 is 22.7 Å². The number of nitrogens with zero attached hydrogens (tertiary/aromatic N) is 2. The quantitative estimate of drug-likeness (QED) is 0.0872. The Balaban J connectivity index is 0.00000338. The number of benzene rings is 3. The lowest BCUT2D eigenvalue weighted by atomic mass is 10.0. The second-order valence-electron chi connectivity index (χ2n) is 12.2. The minimum absolute atomic E-state index is 0. The van der Waals surface area contributed by atoms with Crippen molar-refractivity contribution in [3.8, 4) is 5.75 Å². The molecule has 1 aliphatic rings. The highest BCUT2D eigenvalue weighted by Crippen LogP contribution is 2.32. The van der Waals surface area contributed by atoms with Crippen LogP contribution in [0, 0.1) is 33.1 Å². The highest BCUT2D eigenvalue weighted by Gasteiger charge is 2.40. The average molecular weight is 744 g/mol. The second-order valence-corrected chi connectivity index (χ2v) is 14.0. The third-order valence-corrected chi connectivity index (χ3v) is 10.8. The Hall–Kier alpha value is -4.23. The number of fused-ring (bicyclic) bond motifs is 1. The molecule has 268 valence electrons. The predicted molar refractivity (Wildman–Crippen MR) is 200 cm³/mol. The molecular weight excluding hydrogens is 699 g/mol. The van der Waals surface area contributed by atoms with Crippen LogP contribution in [0.25, 0.3) is 10.9 Å². The van der Waals surface area contributed by atoms with E-state index >= 15 is 0 Å². The molecule has 5 rings (SSSR count). The molecule has 3 aromatic carbocycles. The summed E-state index contributed by atoms with van der Waals surface area (Å²) in [4.78, 5) is 30.5. The molecule has 0 bridgehead atoms. The molecule has 0 aliphatic carbocycles. The molecule has 2 heterocycles. The topological polar surface area (TPSA) is 168 Å². The largest absolute Gasteiger partial charge is 0.487 e. The highest BCUT2D eigenvalue weighted by molar-refractivity contribution is 7.89. The summed E-state index contributed by atoms with van der Waals surface area (Å²) in [5, 5.41) is 14.1. The molecule has 1 aromatic heterocycles. The number of nitrogens with one attached hydrogen (secondary N) is 3. The van der Waals surface area contributed by atoms with Crippen molar-refractivity contribution >= 4 is 63.4 Å². The van der Waals surface area contributed by atoms with Crippen molar-refractivity contribution in [1.29, 1.82) is 5.41 Å². The van der Waals surface area contributed by atoms with E-state index in [2.05, 4.69) is 10.6 Å². The number of aromatic nitrogens is 1. The fraction of sp³-hybridized carbons (Fsp3) is 0.333. The highest BCUT2D eigenvalue weighted by atomic mass is 35.5. The van der Waals surface area contributed by atoms with Crippen LogP contribution < -0.4 is 21.1 Å². The molecule has 0 saturated carbocycles. The van der Waals surface area contributed by atoms with Crippen LogP contribution in [0.1, 0.15) is 63.1 Å². The van der Waals surface area contributed by atoms with E-state index in [4.69, 9.17) is 20.9 Å². The monoisotopic (exact) mass is 742 g/mol. The van der Waals surface area contributed by atoms with Crippen LogP contribution >= 0.6 is 24.8 Å². The average Bonchev–Trinajstić information content (AvgIpc) is 3.56. The maximum absolute atomic E-state index is 14.0. The zero-order valence-electron chi connectivity index (χ0n) is 28.5. The van der Waals surface area contributed by atoms with Gasteiger partial charge in [-0.1, -0.05) is 30.3 Å². The normalized spacial score (nSPS) is 14.4. The first-order chi connectivity index (χ1) is 22.9. The molecule has 5 N–H and O–H groups in total. The number of amidine groups is 1. The Morgan fingerprint density at radius 3 is 2.34 bits per heavy atom. The van der Waals surface area contributed by atoms with E-state index < -0.39 is 16.1 Å². The minimum Gasteiger partial charge on any atom is -0.487 e. The third kappa shape index (κ3) is 8.73. The summed E-state index contributed by atoms with van der Waals surface area (Å²) in [7, 11) is -3.99. The van der Waals surface area contributed by atoms with Crippen LogP contribution in [0.4, 0.5) is 0 Å². The van der Waals surface area contributed by atoms with E-state index in [0.717, 1.165) is 33.3 Å². The maximum atomic E-state index is 14.0. The van der Waals surface area contributed by atoms with Gasteiger partial charge in [0.15, 0.2) is 0 Å². The lowest BCUT2D eigenvalue weighted by Gasteiger charge is -2.25. The van der Waals surface area contributed by atoms with Gasteiger partial charge >= 0.3 is 0 Å². The van der Waals surface area contributed by atoms with E-state index in [0.29, 0.717) is 48.2 Å². The number of amides is 2. The molecule has 1 atom stereocenters. The van der Waals surface area contributed by atoms with Crippen LogP contribution in [0.5, 0.6) is 5.75 Å². The molecular formula is C36H44Cl2N6O5S. The predicted octanol–water partition coefficient (Wildman–Crippen LogP) is 5.26. The van der Waals surface area contributed by atoms with Crippen molar-refractivity contribution in [2.75, 3.05) is 19.6 Å². The van der Waals surface area contributed by atoms with Gasteiger partial charge in [0.2, 0.25) is 15.9 Å². The second kappa shape index (κ2) is 17.1. The van der Waals surface area contributed by atoms with Gasteiger partial charge < -0.3 is 21.1 Å². The van der Waals surface area contributed by atoms with E-state index in [1.807, 2.05) is 45.0 Å². The van der Waals surface area contributed by atoms with Crippen molar-refractivity contribution in [1.82, 2.24) is 19.9 Å². The van der Waals surface area contributed by atoms with Gasteiger partial charge in [-0.2, -0.15) is 4.31 Å². The summed E-state index contributed by atoms with van der Waals surface area (Å²) >= 11 is 0. The zero-order chi connectivity index (χ0) is 34.6. The number of carbonyl (C=O) groups excluding carboxylic acids is 2. The van der Waals surface area contributed by atoms with E-state index in [9.17, 15) is 18.0 Å². The molecule has 1 aliphatic heterocycles. The smallest absolute Gasteiger partial charge is 0.251 e. The first-order valence-electron chi connectivity index (χ1n) is 16.0. The Kier molecular flexibility index (Phi) is 13.8. The fourth-order valence-corrected chi connectivity index (χ4v) is 8.04. The van der Waals surface area contributed by atoms with Crippen molar-refractivity contribution in [2.45, 2.75) is 64.5 Å². The lowest BCUT2D eigenvalue weighted by molar-refractivity contribution is -0.124. The van der Waals surface area contributed by atoms with Gasteiger partial charge in [-0.3, -0.25) is 15.0 Å². The Bertz CT molecular complexity index is 1990. The number of hydrogen-bond acceptors (Lipinski definition) is 7. The first kappa shape index (κ1) is 40.2. The van der Waals surface area contributed by atoms with Gasteiger partial charge in [0.25, 0.3) is 5.91 Å². The van der Waals surface area contributed by atoms with Crippen LogP contribution in [0.2, 0.25) is 0 Å². The van der Waals surface area contributed by atoms with Crippen LogP contribution in [-0.2, 0) is 21.4 Å². The van der Waals surface area contributed by atoms with Gasteiger partial charge in [0.05, 0.1) is 4.90 Å². The van der Waals surface area contributed by atoms with Crippen molar-refractivity contribution in [2.24, 2.45) is 5.73 Å². The Morgan fingerprint density at radius 2 is 1.64 bits per heavy atom. The minimum atomic E-state index is -3.99. The zero-order valence-corrected chi connectivity index (χ0v) is 31.0. The molecule has 4 aromatic rings. The standard InChI is InChI=1S/C36H42N6O5S.2ClH/c1-22-11-16-32(25(4)29(22)21-47-31-10-5-8-28-23(2)20-24(3)41-33(28)31)48(45,46)42-19-6-9-30(42)36(44)40-18-7-17-39-35(43)27-14-12-26(13-15-27)34(37)38;;/h5,8,10-16,20,30H,6-7,9,17-19,21H2,1-4H3,(H3,37,38)(H,39,43)(H,40,44);2*1H/t30-;;/m0../s1. The number of nitrogens with two attached hydrogens (primary N) is 1. The summed E-state index contributed by atoms with van der Waals surface area (Å²) < 4.78 is 35.6. The first-order valence-corrected chi connectivity index (χ1v) is 17.4. The number of pyridine rings is 1. The van der Waals surface area contributed by atoms with Gasteiger partial charge in [0.1, 0.15) is 29.8 Å².